The lowest BCUT2D eigenvalue weighted by molar-refractivity contribution is -0.142. The minimum absolute atomic E-state index is 0.0535. The number of carbonyl (C=O) groups excluding carboxylic acids is 3. The summed E-state index contributed by atoms with van der Waals surface area (Å²) in [4.78, 5) is 53.0. The average Bonchev–Trinajstić information content (AvgIpc) is 3.26. The number of fused-ring (bicyclic) bond motifs is 1. The van der Waals surface area contributed by atoms with Gasteiger partial charge < -0.3 is 31.8 Å². The molecule has 0 fully saturated rings. The Bertz CT molecular complexity index is 1220. The third-order valence-corrected chi connectivity index (χ3v) is 5.79. The molecule has 0 radical (unpaired) electrons. The number of para-hydroxylation sites is 1. The quantitative estimate of drug-likeness (QED) is 0.232. The van der Waals surface area contributed by atoms with E-state index in [4.69, 9.17) is 5.73 Å². The van der Waals surface area contributed by atoms with Gasteiger partial charge in [-0.25, -0.2) is 4.79 Å². The summed E-state index contributed by atoms with van der Waals surface area (Å²) >= 11 is 0. The molecule has 0 saturated carbocycles. The molecule has 1 aromatic heterocycles. The summed E-state index contributed by atoms with van der Waals surface area (Å²) in [5, 5.41) is 18.4. The molecule has 3 rings (SSSR count). The van der Waals surface area contributed by atoms with Crippen molar-refractivity contribution in [2.45, 2.75) is 50.9 Å². The second kappa shape index (κ2) is 12.0. The lowest BCUT2D eigenvalue weighted by atomic mass is 10.0. The van der Waals surface area contributed by atoms with Crippen LogP contribution in [0.2, 0.25) is 0 Å². The number of aromatic amines is 1. The maximum Gasteiger partial charge on any atom is 0.326 e. The lowest BCUT2D eigenvalue weighted by Crippen LogP contribution is -2.57. The first-order valence-corrected chi connectivity index (χ1v) is 11.6. The number of H-pyrrole nitrogens is 1. The molecule has 0 aliphatic rings. The lowest BCUT2D eigenvalue weighted by Gasteiger charge is -2.23. The Labute approximate surface area is 208 Å². The number of nitrogens with two attached hydrogens (primary N) is 1. The van der Waals surface area contributed by atoms with Crippen LogP contribution in [0.25, 0.3) is 10.9 Å². The van der Waals surface area contributed by atoms with Crippen LogP contribution in [0, 0.1) is 0 Å². The zero-order valence-corrected chi connectivity index (χ0v) is 20.2. The van der Waals surface area contributed by atoms with Crippen molar-refractivity contribution < 1.29 is 24.3 Å². The van der Waals surface area contributed by atoms with Crippen LogP contribution >= 0.6 is 0 Å². The van der Waals surface area contributed by atoms with Crippen molar-refractivity contribution >= 4 is 34.6 Å². The van der Waals surface area contributed by atoms with E-state index in [0.717, 1.165) is 22.0 Å². The average molecular weight is 494 g/mol. The highest BCUT2D eigenvalue weighted by Crippen LogP contribution is 2.19. The molecule has 4 atom stereocenters. The van der Waals surface area contributed by atoms with E-state index in [2.05, 4.69) is 20.9 Å². The van der Waals surface area contributed by atoms with Crippen LogP contribution in [0.4, 0.5) is 0 Å². The van der Waals surface area contributed by atoms with Gasteiger partial charge in [0.15, 0.2) is 0 Å². The number of aromatic nitrogens is 1. The number of nitrogens with one attached hydrogen (secondary N) is 4. The summed E-state index contributed by atoms with van der Waals surface area (Å²) in [7, 11) is 0. The van der Waals surface area contributed by atoms with Gasteiger partial charge in [0.2, 0.25) is 17.7 Å². The molecule has 3 aromatic rings. The van der Waals surface area contributed by atoms with Crippen molar-refractivity contribution in [1.82, 2.24) is 20.9 Å². The van der Waals surface area contributed by atoms with Crippen molar-refractivity contribution in [2.24, 2.45) is 5.73 Å². The number of hydrogen-bond donors (Lipinski definition) is 6. The van der Waals surface area contributed by atoms with Crippen molar-refractivity contribution in [3.8, 4) is 0 Å². The van der Waals surface area contributed by atoms with Crippen LogP contribution in [-0.4, -0.2) is 57.9 Å². The molecule has 2 aromatic carbocycles. The fourth-order valence-electron chi connectivity index (χ4n) is 3.76. The van der Waals surface area contributed by atoms with Crippen molar-refractivity contribution in [3.63, 3.8) is 0 Å². The smallest absolute Gasteiger partial charge is 0.326 e. The van der Waals surface area contributed by atoms with Gasteiger partial charge in [0, 0.05) is 29.9 Å². The summed E-state index contributed by atoms with van der Waals surface area (Å²) in [5.74, 6) is -2.95. The fourth-order valence-corrected chi connectivity index (χ4v) is 3.76. The zero-order chi connectivity index (χ0) is 26.2. The first-order chi connectivity index (χ1) is 17.2. The Morgan fingerprint density at radius 3 is 2.14 bits per heavy atom. The monoisotopic (exact) mass is 493 g/mol. The number of amides is 3. The maximum atomic E-state index is 13.2. The van der Waals surface area contributed by atoms with Crippen LogP contribution in [0.3, 0.4) is 0 Å². The first-order valence-electron chi connectivity index (χ1n) is 11.6. The highest BCUT2D eigenvalue weighted by Gasteiger charge is 2.29. The van der Waals surface area contributed by atoms with Gasteiger partial charge in [-0.05, 0) is 31.0 Å². The molecule has 7 N–H and O–H groups in total. The summed E-state index contributed by atoms with van der Waals surface area (Å²) in [5.41, 5.74) is 7.92. The van der Waals surface area contributed by atoms with Crippen LogP contribution in [-0.2, 0) is 32.0 Å². The predicted molar refractivity (Wildman–Crippen MR) is 135 cm³/mol. The molecule has 3 amide bonds. The molecule has 0 saturated heterocycles. The Balaban J connectivity index is 1.76. The standard InChI is InChI=1S/C26H31N5O5/c1-15(27)23(32)29-16(2)24(33)30-21(12-17-8-4-3-5-9-17)25(34)31-22(26(35)36)13-18-14-28-20-11-7-6-10-19(18)20/h3-11,14-16,21-22,28H,12-13,27H2,1-2H3,(H,29,32)(H,30,33)(H,31,34)(H,35,36). The Hall–Kier alpha value is -4.18. The summed E-state index contributed by atoms with van der Waals surface area (Å²) < 4.78 is 0. The van der Waals surface area contributed by atoms with E-state index in [1.807, 2.05) is 30.3 Å². The van der Waals surface area contributed by atoms with E-state index in [1.165, 1.54) is 13.8 Å². The fraction of sp³-hybridized carbons (Fsp3) is 0.308. The van der Waals surface area contributed by atoms with Gasteiger partial charge in [-0.3, -0.25) is 14.4 Å². The molecular formula is C26H31N5O5. The van der Waals surface area contributed by atoms with E-state index in [1.54, 1.807) is 30.5 Å². The maximum absolute atomic E-state index is 13.2. The zero-order valence-electron chi connectivity index (χ0n) is 20.2. The molecule has 0 aliphatic heterocycles. The number of aliphatic carboxylic acids is 1. The van der Waals surface area contributed by atoms with Crippen LogP contribution in [0.5, 0.6) is 0 Å². The Morgan fingerprint density at radius 2 is 1.47 bits per heavy atom. The van der Waals surface area contributed by atoms with E-state index in [-0.39, 0.29) is 12.8 Å². The van der Waals surface area contributed by atoms with E-state index in [9.17, 15) is 24.3 Å². The minimum Gasteiger partial charge on any atom is -0.480 e. The van der Waals surface area contributed by atoms with Crippen molar-refractivity contribution in [2.75, 3.05) is 0 Å². The van der Waals surface area contributed by atoms with Crippen LogP contribution < -0.4 is 21.7 Å². The summed E-state index contributed by atoms with van der Waals surface area (Å²) in [6, 6.07) is 12.5. The molecule has 4 unspecified atom stereocenters. The molecule has 0 spiro atoms. The molecule has 0 bridgehead atoms. The molecule has 10 nitrogen and oxygen atoms in total. The van der Waals surface area contributed by atoms with Crippen molar-refractivity contribution in [1.29, 1.82) is 0 Å². The molecule has 36 heavy (non-hydrogen) atoms. The molecular weight excluding hydrogens is 462 g/mol. The Kier molecular flexibility index (Phi) is 8.80. The van der Waals surface area contributed by atoms with Crippen LogP contribution in [0.15, 0.2) is 60.8 Å². The van der Waals surface area contributed by atoms with E-state index >= 15 is 0 Å². The number of carbonyl (C=O) groups is 4. The highest BCUT2D eigenvalue weighted by molar-refractivity contribution is 5.94. The van der Waals surface area contributed by atoms with Gasteiger partial charge in [0.05, 0.1) is 6.04 Å². The third-order valence-electron chi connectivity index (χ3n) is 5.79. The predicted octanol–water partition coefficient (Wildman–Crippen LogP) is 0.859. The number of carboxylic acids is 1. The largest absolute Gasteiger partial charge is 0.480 e. The number of carboxylic acid groups (broad SMARTS) is 1. The van der Waals surface area contributed by atoms with E-state index in [0.29, 0.717) is 0 Å². The first kappa shape index (κ1) is 26.4. The summed E-state index contributed by atoms with van der Waals surface area (Å²) in [6.45, 7) is 2.97. The normalized spacial score (nSPS) is 14.3. The second-order valence-corrected chi connectivity index (χ2v) is 8.73. The molecule has 190 valence electrons. The van der Waals surface area contributed by atoms with Gasteiger partial charge in [-0.2, -0.15) is 0 Å². The SMILES string of the molecule is CC(N)C(=O)NC(C)C(=O)NC(Cc1ccccc1)C(=O)NC(Cc1c[nH]c2ccccc12)C(=O)O. The number of benzene rings is 2. The van der Waals surface area contributed by atoms with Gasteiger partial charge >= 0.3 is 5.97 Å². The van der Waals surface area contributed by atoms with Gasteiger partial charge in [0.25, 0.3) is 0 Å². The highest BCUT2D eigenvalue weighted by atomic mass is 16.4. The van der Waals surface area contributed by atoms with Gasteiger partial charge in [-0.1, -0.05) is 48.5 Å². The molecule has 10 heteroatoms. The summed E-state index contributed by atoms with van der Waals surface area (Å²) in [6.07, 6.45) is 1.91. The third kappa shape index (κ3) is 6.92. The number of rotatable bonds is 11. The minimum atomic E-state index is -1.22. The topological polar surface area (TPSA) is 166 Å². The van der Waals surface area contributed by atoms with Gasteiger partial charge in [0.1, 0.15) is 18.1 Å². The van der Waals surface area contributed by atoms with E-state index < -0.39 is 47.9 Å². The molecule has 0 aliphatic carbocycles. The second-order valence-electron chi connectivity index (χ2n) is 8.73. The van der Waals surface area contributed by atoms with Crippen molar-refractivity contribution in [3.05, 3.63) is 71.9 Å². The molecule has 1 heterocycles. The number of hydrogen-bond acceptors (Lipinski definition) is 5. The van der Waals surface area contributed by atoms with Gasteiger partial charge in [-0.15, -0.1) is 0 Å². The Morgan fingerprint density at radius 1 is 0.833 bits per heavy atom. The van der Waals surface area contributed by atoms with Crippen LogP contribution in [0.1, 0.15) is 25.0 Å².